The third-order valence-electron chi connectivity index (χ3n) is 2.02. The average molecular weight is 319 g/mol. The second-order valence-electron chi connectivity index (χ2n) is 4.88. The number of aromatic nitrogens is 2. The molecule has 0 radical (unpaired) electrons. The van der Waals surface area contributed by atoms with Crippen LogP contribution in [0.1, 0.15) is 39.2 Å². The lowest BCUT2D eigenvalue weighted by atomic mass is 9.92. The summed E-state index contributed by atoms with van der Waals surface area (Å²) in [6, 6.07) is 0. The largest absolute Gasteiger partial charge is 0.383 e. The number of nitrogen functional groups attached to an aromatic ring is 1. The SMILES string of the molecule is CCc1nc(CC(C)(C)C)nc(N)c1I. The van der Waals surface area contributed by atoms with E-state index in [1.165, 1.54) is 0 Å². The van der Waals surface area contributed by atoms with Crippen LogP contribution in [0.3, 0.4) is 0 Å². The van der Waals surface area contributed by atoms with E-state index in [4.69, 9.17) is 5.73 Å². The predicted molar refractivity (Wildman–Crippen MR) is 71.7 cm³/mol. The molecule has 0 bridgehead atoms. The first-order chi connectivity index (χ1) is 6.83. The van der Waals surface area contributed by atoms with Gasteiger partial charge in [0, 0.05) is 6.42 Å². The van der Waals surface area contributed by atoms with Crippen LogP contribution in [0.5, 0.6) is 0 Å². The Bertz CT molecular complexity index is 356. The molecule has 1 heterocycles. The molecule has 2 N–H and O–H groups in total. The van der Waals surface area contributed by atoms with Gasteiger partial charge in [0.2, 0.25) is 0 Å². The Morgan fingerprint density at radius 1 is 1.27 bits per heavy atom. The van der Waals surface area contributed by atoms with E-state index in [1.54, 1.807) is 0 Å². The van der Waals surface area contributed by atoms with Crippen LogP contribution in [0, 0.1) is 8.99 Å². The van der Waals surface area contributed by atoms with Gasteiger partial charge in [-0.2, -0.15) is 0 Å². The summed E-state index contributed by atoms with van der Waals surface area (Å²) in [5, 5.41) is 0. The molecule has 1 aromatic rings. The first kappa shape index (κ1) is 12.7. The van der Waals surface area contributed by atoms with Crippen molar-refractivity contribution in [2.75, 3.05) is 5.73 Å². The van der Waals surface area contributed by atoms with E-state index in [2.05, 4.69) is 60.3 Å². The summed E-state index contributed by atoms with van der Waals surface area (Å²) < 4.78 is 0.993. The van der Waals surface area contributed by atoms with Crippen molar-refractivity contribution in [2.24, 2.45) is 5.41 Å². The molecule has 15 heavy (non-hydrogen) atoms. The molecule has 0 amide bonds. The molecule has 0 saturated carbocycles. The Kier molecular flexibility index (Phi) is 3.92. The molecule has 0 atom stereocenters. The predicted octanol–water partition coefficient (Wildman–Crippen LogP) is 2.81. The normalized spacial score (nSPS) is 11.8. The van der Waals surface area contributed by atoms with E-state index in [-0.39, 0.29) is 5.41 Å². The van der Waals surface area contributed by atoms with Crippen LogP contribution in [0.25, 0.3) is 0 Å². The van der Waals surface area contributed by atoms with Crippen LogP contribution in [-0.2, 0) is 12.8 Å². The van der Waals surface area contributed by atoms with Gasteiger partial charge in [0.1, 0.15) is 11.6 Å². The maximum absolute atomic E-state index is 5.86. The Morgan fingerprint density at radius 3 is 2.33 bits per heavy atom. The second kappa shape index (κ2) is 4.63. The van der Waals surface area contributed by atoms with Gasteiger partial charge in [-0.15, -0.1) is 0 Å². The number of nitrogens with two attached hydrogens (primary N) is 1. The van der Waals surface area contributed by atoms with Crippen molar-refractivity contribution in [3.05, 3.63) is 15.1 Å². The average Bonchev–Trinajstić information content (AvgIpc) is 2.08. The smallest absolute Gasteiger partial charge is 0.140 e. The maximum atomic E-state index is 5.86. The van der Waals surface area contributed by atoms with Gasteiger partial charge in [0.05, 0.1) is 9.26 Å². The lowest BCUT2D eigenvalue weighted by Gasteiger charge is -2.17. The fourth-order valence-corrected chi connectivity index (χ4v) is 1.98. The van der Waals surface area contributed by atoms with Crippen molar-refractivity contribution in [1.82, 2.24) is 9.97 Å². The summed E-state index contributed by atoms with van der Waals surface area (Å²) in [4.78, 5) is 8.86. The minimum Gasteiger partial charge on any atom is -0.383 e. The van der Waals surface area contributed by atoms with Gasteiger partial charge in [-0.3, -0.25) is 0 Å². The Morgan fingerprint density at radius 2 is 1.87 bits per heavy atom. The Labute approximate surface area is 105 Å². The minimum atomic E-state index is 0.199. The van der Waals surface area contributed by atoms with E-state index < -0.39 is 0 Å². The van der Waals surface area contributed by atoms with Crippen molar-refractivity contribution in [1.29, 1.82) is 0 Å². The van der Waals surface area contributed by atoms with Crippen LogP contribution in [-0.4, -0.2) is 9.97 Å². The third kappa shape index (κ3) is 3.59. The highest BCUT2D eigenvalue weighted by molar-refractivity contribution is 14.1. The zero-order valence-electron chi connectivity index (χ0n) is 9.76. The lowest BCUT2D eigenvalue weighted by molar-refractivity contribution is 0.400. The zero-order valence-corrected chi connectivity index (χ0v) is 11.9. The van der Waals surface area contributed by atoms with Crippen LogP contribution in [0.15, 0.2) is 0 Å². The molecule has 4 heteroatoms. The molecule has 0 aliphatic heterocycles. The molecule has 0 aromatic carbocycles. The van der Waals surface area contributed by atoms with Crippen molar-refractivity contribution in [2.45, 2.75) is 40.5 Å². The van der Waals surface area contributed by atoms with Gasteiger partial charge in [-0.25, -0.2) is 9.97 Å². The molecular formula is C11H18IN3. The van der Waals surface area contributed by atoms with Gasteiger partial charge >= 0.3 is 0 Å². The van der Waals surface area contributed by atoms with E-state index in [0.717, 1.165) is 27.9 Å². The fourth-order valence-electron chi connectivity index (χ4n) is 1.35. The first-order valence-corrected chi connectivity index (χ1v) is 6.22. The van der Waals surface area contributed by atoms with Crippen molar-refractivity contribution in [3.8, 4) is 0 Å². The van der Waals surface area contributed by atoms with Crippen LogP contribution >= 0.6 is 22.6 Å². The first-order valence-electron chi connectivity index (χ1n) is 5.14. The quantitative estimate of drug-likeness (QED) is 0.853. The summed E-state index contributed by atoms with van der Waals surface area (Å²) in [6.07, 6.45) is 1.77. The standard InChI is InChI=1S/C11H18IN3/c1-5-7-9(12)10(13)15-8(14-7)6-11(2,3)4/h5-6H2,1-4H3,(H2,13,14,15). The van der Waals surface area contributed by atoms with Crippen LogP contribution in [0.2, 0.25) is 0 Å². The van der Waals surface area contributed by atoms with E-state index in [1.807, 2.05) is 0 Å². The molecule has 1 aromatic heterocycles. The molecule has 0 fully saturated rings. The molecule has 0 spiro atoms. The molecular weight excluding hydrogens is 301 g/mol. The van der Waals surface area contributed by atoms with Gasteiger partial charge in [0.15, 0.2) is 0 Å². The fraction of sp³-hybridized carbons (Fsp3) is 0.636. The highest BCUT2D eigenvalue weighted by atomic mass is 127. The number of hydrogen-bond acceptors (Lipinski definition) is 3. The molecule has 0 unspecified atom stereocenters. The van der Waals surface area contributed by atoms with E-state index in [0.29, 0.717) is 5.82 Å². The van der Waals surface area contributed by atoms with Gasteiger partial charge < -0.3 is 5.73 Å². The molecule has 3 nitrogen and oxygen atoms in total. The van der Waals surface area contributed by atoms with E-state index >= 15 is 0 Å². The third-order valence-corrected chi connectivity index (χ3v) is 3.19. The highest BCUT2D eigenvalue weighted by Crippen LogP contribution is 2.22. The van der Waals surface area contributed by atoms with E-state index in [9.17, 15) is 0 Å². The Hall–Kier alpha value is -0.390. The number of anilines is 1. The number of aryl methyl sites for hydroxylation is 1. The van der Waals surface area contributed by atoms with Crippen LogP contribution in [0.4, 0.5) is 5.82 Å². The molecule has 1 rings (SSSR count). The number of rotatable bonds is 2. The molecule has 0 aliphatic rings. The summed E-state index contributed by atoms with van der Waals surface area (Å²) in [6.45, 7) is 8.62. The van der Waals surface area contributed by atoms with Gasteiger partial charge in [-0.05, 0) is 34.4 Å². The van der Waals surface area contributed by atoms with Crippen LogP contribution < -0.4 is 5.73 Å². The number of halogens is 1. The Balaban J connectivity index is 3.06. The van der Waals surface area contributed by atoms with Gasteiger partial charge in [0.25, 0.3) is 0 Å². The summed E-state index contributed by atoms with van der Waals surface area (Å²) >= 11 is 2.21. The lowest BCUT2D eigenvalue weighted by Crippen LogP contribution is -2.15. The van der Waals surface area contributed by atoms with Crippen molar-refractivity contribution < 1.29 is 0 Å². The molecule has 0 aliphatic carbocycles. The monoisotopic (exact) mass is 319 g/mol. The summed E-state index contributed by atoms with van der Waals surface area (Å²) in [7, 11) is 0. The summed E-state index contributed by atoms with van der Waals surface area (Å²) in [5.74, 6) is 1.47. The highest BCUT2D eigenvalue weighted by Gasteiger charge is 2.16. The second-order valence-corrected chi connectivity index (χ2v) is 5.96. The minimum absolute atomic E-state index is 0.199. The number of nitrogens with zero attached hydrogens (tertiary/aromatic N) is 2. The topological polar surface area (TPSA) is 51.8 Å². The van der Waals surface area contributed by atoms with Crippen molar-refractivity contribution in [3.63, 3.8) is 0 Å². The number of hydrogen-bond donors (Lipinski definition) is 1. The summed E-state index contributed by atoms with van der Waals surface area (Å²) in [5.41, 5.74) is 7.11. The maximum Gasteiger partial charge on any atom is 0.140 e. The van der Waals surface area contributed by atoms with Gasteiger partial charge in [-0.1, -0.05) is 27.7 Å². The zero-order chi connectivity index (χ0) is 11.6. The molecule has 0 saturated heterocycles. The molecule has 84 valence electrons. The van der Waals surface area contributed by atoms with Crippen molar-refractivity contribution >= 4 is 28.4 Å².